The molecule has 0 amide bonds. The summed E-state index contributed by atoms with van der Waals surface area (Å²) in [6, 6.07) is 8.45. The van der Waals surface area contributed by atoms with E-state index in [4.69, 9.17) is 4.74 Å². The molecular weight excluding hydrogens is 328 g/mol. The first kappa shape index (κ1) is 16.0. The van der Waals surface area contributed by atoms with E-state index in [0.29, 0.717) is 12.6 Å². The molecule has 4 aromatic heterocycles. The van der Waals surface area contributed by atoms with E-state index in [-0.39, 0.29) is 0 Å². The minimum absolute atomic E-state index is 0.365. The van der Waals surface area contributed by atoms with E-state index in [1.165, 1.54) is 5.56 Å². The number of anilines is 1. The predicted octanol–water partition coefficient (Wildman–Crippen LogP) is 2.96. The van der Waals surface area contributed by atoms with E-state index in [2.05, 4.69) is 42.4 Å². The molecule has 0 saturated heterocycles. The Morgan fingerprint density at radius 3 is 2.62 bits per heavy atom. The van der Waals surface area contributed by atoms with Gasteiger partial charge in [0, 0.05) is 54.9 Å². The van der Waals surface area contributed by atoms with Crippen LogP contribution in [0.4, 0.5) is 5.82 Å². The Balaban J connectivity index is 1.40. The highest BCUT2D eigenvalue weighted by Gasteiger charge is 2.05. The first-order valence-electron chi connectivity index (χ1n) is 8.26. The van der Waals surface area contributed by atoms with Crippen LogP contribution in [0.1, 0.15) is 16.7 Å². The number of aromatic nitrogens is 5. The van der Waals surface area contributed by atoms with Gasteiger partial charge in [-0.05, 0) is 29.3 Å². The lowest BCUT2D eigenvalue weighted by Gasteiger charge is -2.07. The Morgan fingerprint density at radius 1 is 1.00 bits per heavy atom. The molecule has 4 aromatic rings. The van der Waals surface area contributed by atoms with Crippen molar-refractivity contribution in [3.8, 4) is 6.01 Å². The average molecular weight is 346 g/mol. The van der Waals surface area contributed by atoms with Gasteiger partial charge in [-0.15, -0.1) is 0 Å². The van der Waals surface area contributed by atoms with Gasteiger partial charge in [-0.1, -0.05) is 6.07 Å². The molecule has 7 heteroatoms. The summed E-state index contributed by atoms with van der Waals surface area (Å²) in [5.74, 6) is 0.810. The highest BCUT2D eigenvalue weighted by molar-refractivity contribution is 5.79. The van der Waals surface area contributed by atoms with Crippen LogP contribution >= 0.6 is 0 Å². The van der Waals surface area contributed by atoms with Crippen LogP contribution in [-0.2, 0) is 13.0 Å². The summed E-state index contributed by atoms with van der Waals surface area (Å²) >= 11 is 0. The minimum Gasteiger partial charge on any atom is -0.467 e. The Bertz CT molecular complexity index is 995. The van der Waals surface area contributed by atoms with Gasteiger partial charge in [-0.2, -0.15) is 0 Å². The molecular formula is C19H18N6O. The van der Waals surface area contributed by atoms with Crippen molar-refractivity contribution >= 4 is 16.9 Å². The summed E-state index contributed by atoms with van der Waals surface area (Å²) in [5.41, 5.74) is 4.23. The third kappa shape index (κ3) is 3.46. The molecule has 0 saturated carbocycles. The highest BCUT2D eigenvalue weighted by Crippen LogP contribution is 2.19. The summed E-state index contributed by atoms with van der Waals surface area (Å²) < 4.78 is 4.95. The van der Waals surface area contributed by atoms with Crippen LogP contribution in [0.2, 0.25) is 0 Å². The normalized spacial score (nSPS) is 10.8. The lowest BCUT2D eigenvalue weighted by Crippen LogP contribution is -2.03. The first-order chi connectivity index (χ1) is 12.8. The Morgan fingerprint density at radius 2 is 1.85 bits per heavy atom. The molecule has 0 aromatic carbocycles. The molecule has 4 heterocycles. The summed E-state index contributed by atoms with van der Waals surface area (Å²) in [5, 5.41) is 4.41. The van der Waals surface area contributed by atoms with Gasteiger partial charge in [-0.25, -0.2) is 19.9 Å². The van der Waals surface area contributed by atoms with Gasteiger partial charge >= 0.3 is 6.01 Å². The number of nitrogens with zero attached hydrogens (tertiary/aromatic N) is 4. The molecule has 0 aliphatic heterocycles. The zero-order valence-electron chi connectivity index (χ0n) is 14.3. The van der Waals surface area contributed by atoms with Crippen molar-refractivity contribution in [2.45, 2.75) is 13.0 Å². The third-order valence-corrected chi connectivity index (χ3v) is 4.09. The number of hydrogen-bond donors (Lipinski definition) is 2. The minimum atomic E-state index is 0.365. The second-order valence-corrected chi connectivity index (χ2v) is 5.87. The fourth-order valence-corrected chi connectivity index (χ4v) is 2.74. The SMILES string of the molecule is COc1ncc(CNc2ccc(Cc3c[nH]c4ncccc34)cn2)cn1. The van der Waals surface area contributed by atoms with Crippen molar-refractivity contribution in [3.63, 3.8) is 0 Å². The van der Waals surface area contributed by atoms with Crippen LogP contribution in [0, 0.1) is 0 Å². The maximum absolute atomic E-state index is 4.95. The van der Waals surface area contributed by atoms with Crippen LogP contribution in [0.25, 0.3) is 11.0 Å². The number of hydrogen-bond acceptors (Lipinski definition) is 6. The van der Waals surface area contributed by atoms with Gasteiger partial charge in [0.25, 0.3) is 0 Å². The Kier molecular flexibility index (Phi) is 4.42. The number of nitrogens with one attached hydrogen (secondary N) is 2. The Labute approximate surface area is 150 Å². The predicted molar refractivity (Wildman–Crippen MR) is 99.0 cm³/mol. The maximum atomic E-state index is 4.95. The largest absolute Gasteiger partial charge is 0.467 e. The number of H-pyrrole nitrogens is 1. The van der Waals surface area contributed by atoms with Gasteiger partial charge in [-0.3, -0.25) is 0 Å². The standard InChI is InChI=1S/C19H18N6O/c1-26-19-24-10-14(11-25-19)9-22-17-5-4-13(8-21-17)7-15-12-23-18-16(15)3-2-6-20-18/h2-6,8,10-12H,7,9H2,1H3,(H,20,23)(H,21,22). The smallest absolute Gasteiger partial charge is 0.316 e. The summed E-state index contributed by atoms with van der Waals surface area (Å²) in [6.07, 6.45) is 9.97. The van der Waals surface area contributed by atoms with Crippen LogP contribution < -0.4 is 10.1 Å². The van der Waals surface area contributed by atoms with E-state index < -0.39 is 0 Å². The molecule has 0 radical (unpaired) electrons. The number of pyridine rings is 2. The second kappa shape index (κ2) is 7.18. The number of methoxy groups -OCH3 is 1. The fraction of sp³-hybridized carbons (Fsp3) is 0.158. The van der Waals surface area contributed by atoms with Gasteiger partial charge in [0.2, 0.25) is 0 Å². The average Bonchev–Trinajstić information content (AvgIpc) is 3.11. The molecule has 0 aliphatic carbocycles. The lowest BCUT2D eigenvalue weighted by molar-refractivity contribution is 0.379. The molecule has 7 nitrogen and oxygen atoms in total. The summed E-state index contributed by atoms with van der Waals surface area (Å²) in [6.45, 7) is 0.602. The molecule has 0 fully saturated rings. The number of rotatable bonds is 6. The monoisotopic (exact) mass is 346 g/mol. The number of fused-ring (bicyclic) bond motifs is 1. The highest BCUT2D eigenvalue weighted by atomic mass is 16.5. The Hall–Kier alpha value is -3.48. The maximum Gasteiger partial charge on any atom is 0.316 e. The van der Waals surface area contributed by atoms with E-state index in [0.717, 1.165) is 34.4 Å². The van der Waals surface area contributed by atoms with Crippen LogP contribution in [0.15, 0.2) is 55.2 Å². The van der Waals surface area contributed by atoms with Gasteiger partial charge < -0.3 is 15.0 Å². The number of aromatic amines is 1. The van der Waals surface area contributed by atoms with Gasteiger partial charge in [0.05, 0.1) is 7.11 Å². The van der Waals surface area contributed by atoms with Crippen molar-refractivity contribution in [1.29, 1.82) is 0 Å². The van der Waals surface area contributed by atoms with Gasteiger partial charge in [0.1, 0.15) is 11.5 Å². The first-order valence-corrected chi connectivity index (χ1v) is 8.26. The third-order valence-electron chi connectivity index (χ3n) is 4.09. The molecule has 0 bridgehead atoms. The zero-order chi connectivity index (χ0) is 17.8. The molecule has 0 atom stereocenters. The van der Waals surface area contributed by atoms with Crippen LogP contribution in [-0.4, -0.2) is 32.0 Å². The molecule has 0 spiro atoms. The van der Waals surface area contributed by atoms with E-state index in [9.17, 15) is 0 Å². The van der Waals surface area contributed by atoms with Gasteiger partial charge in [0.15, 0.2) is 0 Å². The van der Waals surface area contributed by atoms with Crippen molar-refractivity contribution in [2.24, 2.45) is 0 Å². The molecule has 2 N–H and O–H groups in total. The summed E-state index contributed by atoms with van der Waals surface area (Å²) in [4.78, 5) is 20.2. The molecule has 4 rings (SSSR count). The van der Waals surface area contributed by atoms with Crippen LogP contribution in [0.5, 0.6) is 6.01 Å². The molecule has 0 unspecified atom stereocenters. The van der Waals surface area contributed by atoms with E-state index in [1.54, 1.807) is 25.7 Å². The molecule has 130 valence electrons. The van der Waals surface area contributed by atoms with Crippen molar-refractivity contribution in [1.82, 2.24) is 24.9 Å². The summed E-state index contributed by atoms with van der Waals surface area (Å²) in [7, 11) is 1.55. The quantitative estimate of drug-likeness (QED) is 0.558. The fourth-order valence-electron chi connectivity index (χ4n) is 2.74. The zero-order valence-corrected chi connectivity index (χ0v) is 14.3. The van der Waals surface area contributed by atoms with Crippen molar-refractivity contribution in [3.05, 3.63) is 71.9 Å². The van der Waals surface area contributed by atoms with Crippen molar-refractivity contribution in [2.75, 3.05) is 12.4 Å². The number of ether oxygens (including phenoxy) is 1. The van der Waals surface area contributed by atoms with E-state index in [1.807, 2.05) is 24.5 Å². The molecule has 0 aliphatic rings. The van der Waals surface area contributed by atoms with Crippen LogP contribution in [0.3, 0.4) is 0 Å². The lowest BCUT2D eigenvalue weighted by atomic mass is 10.1. The topological polar surface area (TPSA) is 88.6 Å². The molecule has 26 heavy (non-hydrogen) atoms. The van der Waals surface area contributed by atoms with Crippen molar-refractivity contribution < 1.29 is 4.74 Å². The van der Waals surface area contributed by atoms with E-state index >= 15 is 0 Å². The second-order valence-electron chi connectivity index (χ2n) is 5.87.